The minimum atomic E-state index is -1.06. The van der Waals surface area contributed by atoms with E-state index in [0.29, 0.717) is 16.9 Å². The van der Waals surface area contributed by atoms with Crippen LogP contribution in [0.2, 0.25) is 0 Å². The number of amides is 2. The highest BCUT2D eigenvalue weighted by atomic mass is 16.6. The number of anilines is 2. The molecule has 1 fully saturated rings. The Labute approximate surface area is 193 Å². The number of aliphatic hydroxyl groups is 1. The van der Waals surface area contributed by atoms with E-state index < -0.39 is 28.4 Å². The first-order valence-corrected chi connectivity index (χ1v) is 10.1. The molecule has 1 unspecified atom stereocenters. The molecule has 2 aromatic carbocycles. The number of hydrogen-bond acceptors (Lipinski definition) is 7. The lowest BCUT2D eigenvalue weighted by molar-refractivity contribution is -0.384. The van der Waals surface area contributed by atoms with Crippen LogP contribution in [0.4, 0.5) is 17.1 Å². The average molecular weight is 458 g/mol. The van der Waals surface area contributed by atoms with E-state index in [1.54, 1.807) is 30.3 Å². The molecule has 10 heteroatoms. The smallest absolute Gasteiger partial charge is 0.300 e. The molecule has 34 heavy (non-hydrogen) atoms. The van der Waals surface area contributed by atoms with E-state index in [0.717, 1.165) is 6.07 Å². The highest BCUT2D eigenvalue weighted by Crippen LogP contribution is 2.42. The maximum Gasteiger partial charge on any atom is 0.300 e. The van der Waals surface area contributed by atoms with Crippen LogP contribution in [0.3, 0.4) is 0 Å². The number of nitrogens with zero attached hydrogens (tertiary/aromatic N) is 3. The predicted octanol–water partition coefficient (Wildman–Crippen LogP) is 3.57. The fourth-order valence-corrected chi connectivity index (χ4v) is 3.81. The molecule has 1 saturated heterocycles. The van der Waals surface area contributed by atoms with Gasteiger partial charge in [0.2, 0.25) is 5.91 Å². The zero-order valence-electron chi connectivity index (χ0n) is 17.8. The SMILES string of the molecule is CC(=O)Nc1cccc(N2C(=O)C(=O)/C(=C(\O)c3cccc([N+](=O)[O-])c3)C2c2cccnc2)c1. The number of hydrogen-bond donors (Lipinski definition) is 2. The molecule has 2 amide bonds. The topological polar surface area (TPSA) is 143 Å². The first-order valence-electron chi connectivity index (χ1n) is 10.1. The Bertz CT molecular complexity index is 1350. The van der Waals surface area contributed by atoms with Crippen LogP contribution < -0.4 is 10.2 Å². The van der Waals surface area contributed by atoms with Gasteiger partial charge >= 0.3 is 0 Å². The highest BCUT2D eigenvalue weighted by molar-refractivity contribution is 6.51. The van der Waals surface area contributed by atoms with Crippen LogP contribution in [0.15, 0.2) is 78.6 Å². The third-order valence-corrected chi connectivity index (χ3v) is 5.22. The van der Waals surface area contributed by atoms with Crippen molar-refractivity contribution in [3.8, 4) is 0 Å². The van der Waals surface area contributed by atoms with E-state index >= 15 is 0 Å². The Kier molecular flexibility index (Phi) is 5.88. The number of non-ortho nitro benzene ring substituents is 1. The van der Waals surface area contributed by atoms with Gasteiger partial charge in [0, 0.05) is 48.4 Å². The first kappa shape index (κ1) is 22.3. The number of Topliss-reactive ketones (excluding diaryl/α,β-unsaturated/α-hetero) is 1. The predicted molar refractivity (Wildman–Crippen MR) is 123 cm³/mol. The molecule has 10 nitrogen and oxygen atoms in total. The average Bonchev–Trinajstić information content (AvgIpc) is 3.09. The second-order valence-corrected chi connectivity index (χ2v) is 7.49. The number of benzene rings is 2. The molecule has 2 heterocycles. The molecule has 0 saturated carbocycles. The Balaban J connectivity index is 1.91. The second kappa shape index (κ2) is 8.94. The Hall–Kier alpha value is -4.86. The summed E-state index contributed by atoms with van der Waals surface area (Å²) in [6.45, 7) is 1.34. The molecule has 0 spiro atoms. The maximum absolute atomic E-state index is 13.2. The molecule has 1 aliphatic rings. The van der Waals surface area contributed by atoms with Crippen molar-refractivity contribution in [3.05, 3.63) is 99.9 Å². The summed E-state index contributed by atoms with van der Waals surface area (Å²) in [7, 11) is 0. The van der Waals surface area contributed by atoms with E-state index in [1.807, 2.05) is 0 Å². The van der Waals surface area contributed by atoms with Crippen molar-refractivity contribution in [2.75, 3.05) is 10.2 Å². The summed E-state index contributed by atoms with van der Waals surface area (Å²) in [5.74, 6) is -2.71. The van der Waals surface area contributed by atoms with Crippen molar-refractivity contribution in [1.82, 2.24) is 4.98 Å². The lowest BCUT2D eigenvalue weighted by Gasteiger charge is -2.25. The van der Waals surface area contributed by atoms with Crippen molar-refractivity contribution < 1.29 is 24.4 Å². The summed E-state index contributed by atoms with van der Waals surface area (Å²) in [4.78, 5) is 53.6. The number of pyridine rings is 1. The van der Waals surface area contributed by atoms with Crippen LogP contribution in [-0.4, -0.2) is 32.6 Å². The van der Waals surface area contributed by atoms with Crippen molar-refractivity contribution in [2.24, 2.45) is 0 Å². The first-order chi connectivity index (χ1) is 16.3. The summed E-state index contributed by atoms with van der Waals surface area (Å²) in [5, 5.41) is 24.9. The number of carbonyl (C=O) groups is 3. The fraction of sp³-hybridized carbons (Fsp3) is 0.0833. The third kappa shape index (κ3) is 4.11. The van der Waals surface area contributed by atoms with Gasteiger partial charge in [0.25, 0.3) is 17.4 Å². The number of rotatable bonds is 5. The number of nitrogens with one attached hydrogen (secondary N) is 1. The second-order valence-electron chi connectivity index (χ2n) is 7.49. The maximum atomic E-state index is 13.2. The quantitative estimate of drug-likeness (QED) is 0.196. The van der Waals surface area contributed by atoms with Gasteiger partial charge in [-0.1, -0.05) is 24.3 Å². The number of ketones is 1. The molecule has 0 bridgehead atoms. The van der Waals surface area contributed by atoms with E-state index in [4.69, 9.17) is 0 Å². The van der Waals surface area contributed by atoms with Gasteiger partial charge in [-0.2, -0.15) is 0 Å². The summed E-state index contributed by atoms with van der Waals surface area (Å²) in [6, 6.07) is 13.7. The van der Waals surface area contributed by atoms with Crippen molar-refractivity contribution in [1.29, 1.82) is 0 Å². The number of aliphatic hydroxyl groups excluding tert-OH is 1. The lowest BCUT2D eigenvalue weighted by atomic mass is 9.96. The monoisotopic (exact) mass is 458 g/mol. The standard InChI is InChI=1S/C24H18N4O6/c1-14(29)26-17-7-3-8-18(12-17)27-21(16-6-4-10-25-13-16)20(23(31)24(27)32)22(30)15-5-2-9-19(11-15)28(33)34/h2-13,21,30H,1H3,(H,26,29)/b22-20-. The van der Waals surface area contributed by atoms with Crippen LogP contribution in [-0.2, 0) is 14.4 Å². The molecule has 4 rings (SSSR count). The van der Waals surface area contributed by atoms with E-state index in [2.05, 4.69) is 10.3 Å². The van der Waals surface area contributed by atoms with Gasteiger partial charge in [0.1, 0.15) is 5.76 Å². The fourth-order valence-electron chi connectivity index (χ4n) is 3.81. The van der Waals surface area contributed by atoms with Crippen LogP contribution in [0.1, 0.15) is 24.1 Å². The largest absolute Gasteiger partial charge is 0.507 e. The van der Waals surface area contributed by atoms with E-state index in [-0.39, 0.29) is 22.7 Å². The van der Waals surface area contributed by atoms with Crippen LogP contribution >= 0.6 is 0 Å². The molecule has 1 atom stereocenters. The van der Waals surface area contributed by atoms with E-state index in [1.165, 1.54) is 48.5 Å². The van der Waals surface area contributed by atoms with E-state index in [9.17, 15) is 29.6 Å². The van der Waals surface area contributed by atoms with Gasteiger partial charge in [0.05, 0.1) is 16.5 Å². The van der Waals surface area contributed by atoms with Gasteiger partial charge in [-0.25, -0.2) is 0 Å². The molecule has 0 radical (unpaired) electrons. The third-order valence-electron chi connectivity index (χ3n) is 5.22. The number of nitro benzene ring substituents is 1. The lowest BCUT2D eigenvalue weighted by Crippen LogP contribution is -2.29. The molecule has 2 N–H and O–H groups in total. The molecule has 1 aliphatic heterocycles. The minimum absolute atomic E-state index is 0.0214. The van der Waals surface area contributed by atoms with Crippen LogP contribution in [0.25, 0.3) is 5.76 Å². The van der Waals surface area contributed by atoms with Crippen LogP contribution in [0, 0.1) is 10.1 Å². The van der Waals surface area contributed by atoms with Crippen molar-refractivity contribution >= 4 is 40.4 Å². The van der Waals surface area contributed by atoms with Gasteiger partial charge in [-0.15, -0.1) is 0 Å². The summed E-state index contributed by atoms with van der Waals surface area (Å²) >= 11 is 0. The summed E-state index contributed by atoms with van der Waals surface area (Å²) in [5.41, 5.74) is 0.671. The summed E-state index contributed by atoms with van der Waals surface area (Å²) in [6.07, 6.45) is 2.98. The van der Waals surface area contributed by atoms with Crippen LogP contribution in [0.5, 0.6) is 0 Å². The molecule has 170 valence electrons. The van der Waals surface area contributed by atoms with Gasteiger partial charge in [0.15, 0.2) is 0 Å². The normalized spacial score (nSPS) is 17.0. The van der Waals surface area contributed by atoms with Gasteiger partial charge in [-0.05, 0) is 29.8 Å². The molecular formula is C24H18N4O6. The summed E-state index contributed by atoms with van der Waals surface area (Å²) < 4.78 is 0. The number of aromatic nitrogens is 1. The number of nitro groups is 1. The Morgan fingerprint density at radius 1 is 1.12 bits per heavy atom. The molecular weight excluding hydrogens is 440 g/mol. The Morgan fingerprint density at radius 2 is 1.88 bits per heavy atom. The number of carbonyl (C=O) groups excluding carboxylic acids is 3. The zero-order valence-corrected chi connectivity index (χ0v) is 17.8. The minimum Gasteiger partial charge on any atom is -0.507 e. The van der Waals surface area contributed by atoms with Gasteiger partial charge < -0.3 is 10.4 Å². The Morgan fingerprint density at radius 3 is 2.56 bits per heavy atom. The van der Waals surface area contributed by atoms with Gasteiger partial charge in [-0.3, -0.25) is 34.4 Å². The van der Waals surface area contributed by atoms with Crippen molar-refractivity contribution in [2.45, 2.75) is 13.0 Å². The zero-order chi connectivity index (χ0) is 24.4. The molecule has 3 aromatic rings. The highest BCUT2D eigenvalue weighted by Gasteiger charge is 2.47. The molecule has 1 aromatic heterocycles. The van der Waals surface area contributed by atoms with Crippen molar-refractivity contribution in [3.63, 3.8) is 0 Å². The molecule has 0 aliphatic carbocycles.